The van der Waals surface area contributed by atoms with E-state index in [0.29, 0.717) is 6.04 Å². The lowest BCUT2D eigenvalue weighted by molar-refractivity contribution is 0.340. The molecule has 1 unspecified atom stereocenters. The van der Waals surface area contributed by atoms with Crippen molar-refractivity contribution >= 4 is 0 Å². The second kappa shape index (κ2) is 7.02. The lowest BCUT2D eigenvalue weighted by atomic mass is 10.1. The molecule has 2 aromatic rings. The molecule has 3 heteroatoms. The summed E-state index contributed by atoms with van der Waals surface area (Å²) in [6.07, 6.45) is 1.83. The number of hydrogen-bond acceptors (Lipinski definition) is 3. The fourth-order valence-electron chi connectivity index (χ4n) is 2.07. The van der Waals surface area contributed by atoms with E-state index in [1.807, 2.05) is 24.4 Å². The molecule has 1 atom stereocenters. The van der Waals surface area contributed by atoms with Crippen LogP contribution in [0, 0.1) is 0 Å². The normalized spacial score (nSPS) is 12.6. The molecular formula is C16H21N3. The van der Waals surface area contributed by atoms with Crippen molar-refractivity contribution in [1.29, 1.82) is 0 Å². The smallest absolute Gasteiger partial charge is 0.0541 e. The molecule has 0 aliphatic carbocycles. The zero-order chi connectivity index (χ0) is 13.5. The van der Waals surface area contributed by atoms with Gasteiger partial charge in [-0.05, 0) is 31.8 Å². The van der Waals surface area contributed by atoms with E-state index in [9.17, 15) is 0 Å². The summed E-state index contributed by atoms with van der Waals surface area (Å²) in [7, 11) is 4.19. The van der Waals surface area contributed by atoms with E-state index in [2.05, 4.69) is 59.6 Å². The number of likely N-dealkylation sites (N-methyl/N-ethyl adjacent to an activating group) is 1. The van der Waals surface area contributed by atoms with Crippen molar-refractivity contribution in [2.24, 2.45) is 0 Å². The predicted molar refractivity (Wildman–Crippen MR) is 78.8 cm³/mol. The lowest BCUT2D eigenvalue weighted by Gasteiger charge is -2.22. The number of benzene rings is 1. The van der Waals surface area contributed by atoms with Gasteiger partial charge in [0.2, 0.25) is 0 Å². The van der Waals surface area contributed by atoms with Crippen LogP contribution in [0.4, 0.5) is 0 Å². The van der Waals surface area contributed by atoms with E-state index >= 15 is 0 Å². The van der Waals surface area contributed by atoms with Crippen LogP contribution in [-0.4, -0.2) is 30.5 Å². The number of rotatable bonds is 6. The predicted octanol–water partition coefficient (Wildman–Crippen LogP) is 2.47. The molecule has 0 amide bonds. The monoisotopic (exact) mass is 255 g/mol. The molecule has 0 fully saturated rings. The molecule has 1 heterocycles. The van der Waals surface area contributed by atoms with Gasteiger partial charge in [-0.1, -0.05) is 36.4 Å². The quantitative estimate of drug-likeness (QED) is 0.859. The van der Waals surface area contributed by atoms with Gasteiger partial charge < -0.3 is 10.2 Å². The van der Waals surface area contributed by atoms with Gasteiger partial charge in [0.1, 0.15) is 0 Å². The van der Waals surface area contributed by atoms with Gasteiger partial charge >= 0.3 is 0 Å². The van der Waals surface area contributed by atoms with E-state index in [1.165, 1.54) is 5.56 Å². The number of pyridine rings is 1. The first-order chi connectivity index (χ1) is 9.25. The third-order valence-electron chi connectivity index (χ3n) is 3.01. The van der Waals surface area contributed by atoms with Gasteiger partial charge in [0.15, 0.2) is 0 Å². The highest BCUT2D eigenvalue weighted by Crippen LogP contribution is 2.13. The van der Waals surface area contributed by atoms with Gasteiger partial charge in [-0.3, -0.25) is 4.98 Å². The Kier molecular flexibility index (Phi) is 5.07. The molecular weight excluding hydrogens is 234 g/mol. The van der Waals surface area contributed by atoms with Crippen LogP contribution < -0.4 is 5.32 Å². The zero-order valence-electron chi connectivity index (χ0n) is 11.6. The Hall–Kier alpha value is -1.71. The molecule has 0 spiro atoms. The highest BCUT2D eigenvalue weighted by Gasteiger charge is 2.11. The van der Waals surface area contributed by atoms with Gasteiger partial charge in [0, 0.05) is 25.3 Å². The molecule has 100 valence electrons. The summed E-state index contributed by atoms with van der Waals surface area (Å²) >= 11 is 0. The summed E-state index contributed by atoms with van der Waals surface area (Å²) in [6, 6.07) is 16.9. The highest BCUT2D eigenvalue weighted by molar-refractivity contribution is 5.19. The maximum atomic E-state index is 4.35. The zero-order valence-corrected chi connectivity index (χ0v) is 11.6. The van der Waals surface area contributed by atoms with E-state index in [4.69, 9.17) is 0 Å². The molecule has 0 aliphatic heterocycles. The fourth-order valence-corrected chi connectivity index (χ4v) is 2.07. The van der Waals surface area contributed by atoms with Crippen molar-refractivity contribution in [3.63, 3.8) is 0 Å². The topological polar surface area (TPSA) is 28.2 Å². The summed E-state index contributed by atoms with van der Waals surface area (Å²) in [4.78, 5) is 6.54. The van der Waals surface area contributed by atoms with Crippen LogP contribution in [0.2, 0.25) is 0 Å². The van der Waals surface area contributed by atoms with Crippen molar-refractivity contribution in [2.75, 3.05) is 20.6 Å². The Balaban J connectivity index is 2.02. The Morgan fingerprint density at radius 1 is 1.05 bits per heavy atom. The van der Waals surface area contributed by atoms with E-state index < -0.39 is 0 Å². The third-order valence-corrected chi connectivity index (χ3v) is 3.01. The first kappa shape index (κ1) is 13.7. The first-order valence-corrected chi connectivity index (χ1v) is 6.58. The van der Waals surface area contributed by atoms with Gasteiger partial charge in [0.05, 0.1) is 5.69 Å². The van der Waals surface area contributed by atoms with Crippen LogP contribution in [-0.2, 0) is 6.54 Å². The molecule has 0 aliphatic rings. The molecule has 1 aromatic carbocycles. The Morgan fingerprint density at radius 3 is 2.42 bits per heavy atom. The summed E-state index contributed by atoms with van der Waals surface area (Å²) in [5, 5.41) is 3.58. The molecule has 19 heavy (non-hydrogen) atoms. The maximum absolute atomic E-state index is 4.35. The van der Waals surface area contributed by atoms with Crippen molar-refractivity contribution in [3.05, 3.63) is 66.0 Å². The highest BCUT2D eigenvalue weighted by atomic mass is 15.1. The number of aromatic nitrogens is 1. The van der Waals surface area contributed by atoms with Crippen molar-refractivity contribution < 1.29 is 0 Å². The Labute approximate surface area is 115 Å². The van der Waals surface area contributed by atoms with Crippen LogP contribution in [0.25, 0.3) is 0 Å². The minimum Gasteiger partial charge on any atom is -0.308 e. The summed E-state index contributed by atoms with van der Waals surface area (Å²) in [6.45, 7) is 1.76. The van der Waals surface area contributed by atoms with E-state index in [0.717, 1.165) is 18.8 Å². The first-order valence-electron chi connectivity index (χ1n) is 6.58. The van der Waals surface area contributed by atoms with Crippen LogP contribution >= 0.6 is 0 Å². The molecule has 1 N–H and O–H groups in total. The third kappa shape index (κ3) is 4.47. The van der Waals surface area contributed by atoms with Crippen LogP contribution in [0.3, 0.4) is 0 Å². The Bertz CT molecular complexity index is 468. The SMILES string of the molecule is CN(C)CC(NCc1ccccn1)c1ccccc1. The average Bonchev–Trinajstić information content (AvgIpc) is 2.45. The van der Waals surface area contributed by atoms with Gasteiger partial charge in [-0.15, -0.1) is 0 Å². The average molecular weight is 255 g/mol. The van der Waals surface area contributed by atoms with Gasteiger partial charge in [-0.2, -0.15) is 0 Å². The fraction of sp³-hybridized carbons (Fsp3) is 0.312. The summed E-state index contributed by atoms with van der Waals surface area (Å²) in [5.74, 6) is 0. The van der Waals surface area contributed by atoms with Crippen molar-refractivity contribution in [2.45, 2.75) is 12.6 Å². The largest absolute Gasteiger partial charge is 0.308 e. The second-order valence-electron chi connectivity index (χ2n) is 4.93. The number of nitrogens with zero attached hydrogens (tertiary/aromatic N) is 2. The van der Waals surface area contributed by atoms with Gasteiger partial charge in [-0.25, -0.2) is 0 Å². The minimum atomic E-state index is 0.318. The molecule has 0 radical (unpaired) electrons. The van der Waals surface area contributed by atoms with Crippen LogP contribution in [0.15, 0.2) is 54.7 Å². The lowest BCUT2D eigenvalue weighted by Crippen LogP contribution is -2.31. The second-order valence-corrected chi connectivity index (χ2v) is 4.93. The molecule has 0 saturated carbocycles. The van der Waals surface area contributed by atoms with E-state index in [-0.39, 0.29) is 0 Å². The van der Waals surface area contributed by atoms with Crippen molar-refractivity contribution in [1.82, 2.24) is 15.2 Å². The van der Waals surface area contributed by atoms with Crippen LogP contribution in [0.1, 0.15) is 17.3 Å². The minimum absolute atomic E-state index is 0.318. The molecule has 0 bridgehead atoms. The summed E-state index contributed by atoms with van der Waals surface area (Å²) in [5.41, 5.74) is 2.38. The van der Waals surface area contributed by atoms with Crippen LogP contribution in [0.5, 0.6) is 0 Å². The summed E-state index contributed by atoms with van der Waals surface area (Å²) < 4.78 is 0. The molecule has 1 aromatic heterocycles. The number of nitrogens with one attached hydrogen (secondary N) is 1. The van der Waals surface area contributed by atoms with E-state index in [1.54, 1.807) is 0 Å². The number of hydrogen-bond donors (Lipinski definition) is 1. The maximum Gasteiger partial charge on any atom is 0.0541 e. The Morgan fingerprint density at radius 2 is 1.79 bits per heavy atom. The molecule has 3 nitrogen and oxygen atoms in total. The molecule has 0 saturated heterocycles. The van der Waals surface area contributed by atoms with Crippen molar-refractivity contribution in [3.8, 4) is 0 Å². The standard InChI is InChI=1S/C16H21N3/c1-19(2)13-16(14-8-4-3-5-9-14)18-12-15-10-6-7-11-17-15/h3-11,16,18H,12-13H2,1-2H3. The molecule has 2 rings (SSSR count). The van der Waals surface area contributed by atoms with Gasteiger partial charge in [0.25, 0.3) is 0 Å².